The van der Waals surface area contributed by atoms with Gasteiger partial charge in [-0.1, -0.05) is 0 Å². The molecule has 0 saturated carbocycles. The van der Waals surface area contributed by atoms with Gasteiger partial charge in [0, 0.05) is 18.9 Å². The van der Waals surface area contributed by atoms with Crippen molar-refractivity contribution in [3.05, 3.63) is 47.0 Å². The molecule has 0 bridgehead atoms. The van der Waals surface area contributed by atoms with Gasteiger partial charge < -0.3 is 11.1 Å². The van der Waals surface area contributed by atoms with E-state index < -0.39 is 0 Å². The lowest BCUT2D eigenvalue weighted by molar-refractivity contribution is 0.920. The van der Waals surface area contributed by atoms with E-state index in [4.69, 9.17) is 5.73 Å². The number of rotatable bonds is 2. The van der Waals surface area contributed by atoms with Gasteiger partial charge in [0.1, 0.15) is 5.82 Å². The van der Waals surface area contributed by atoms with E-state index in [1.807, 2.05) is 31.3 Å². The molecule has 0 aliphatic heterocycles. The highest BCUT2D eigenvalue weighted by Crippen LogP contribution is 2.11. The average Bonchev–Trinajstić information content (AvgIpc) is 2.29. The van der Waals surface area contributed by atoms with Crippen LogP contribution in [0, 0.1) is 0 Å². The second kappa shape index (κ2) is 4.06. The van der Waals surface area contributed by atoms with Crippen LogP contribution in [0.4, 0.5) is 11.5 Å². The molecule has 2 rings (SSSR count). The molecule has 0 radical (unpaired) electrons. The van der Waals surface area contributed by atoms with E-state index in [1.165, 1.54) is 4.57 Å². The number of hydrogen-bond donors (Lipinski definition) is 2. The van der Waals surface area contributed by atoms with E-state index in [0.717, 1.165) is 11.4 Å². The van der Waals surface area contributed by atoms with Crippen LogP contribution in [0.1, 0.15) is 0 Å². The molecule has 3 N–H and O–H groups in total. The maximum absolute atomic E-state index is 11.6. The van der Waals surface area contributed by atoms with Crippen molar-refractivity contribution in [2.24, 2.45) is 0 Å². The molecule has 1 heterocycles. The minimum absolute atomic E-state index is 0.230. The first-order chi connectivity index (χ1) is 7.70. The van der Waals surface area contributed by atoms with E-state index in [2.05, 4.69) is 10.3 Å². The van der Waals surface area contributed by atoms with Gasteiger partial charge in [-0.3, -0.25) is 4.57 Å². The molecule has 0 amide bonds. The Balaban J connectivity index is 2.46. The minimum Gasteiger partial charge on any atom is -0.388 e. The van der Waals surface area contributed by atoms with Crippen LogP contribution < -0.4 is 16.7 Å². The van der Waals surface area contributed by atoms with Gasteiger partial charge in [0.25, 0.3) is 0 Å². The highest BCUT2D eigenvalue weighted by atomic mass is 16.1. The number of benzene rings is 1. The zero-order valence-corrected chi connectivity index (χ0v) is 8.84. The summed E-state index contributed by atoms with van der Waals surface area (Å²) in [6.45, 7) is 0. The third-order valence-electron chi connectivity index (χ3n) is 2.26. The monoisotopic (exact) mass is 216 g/mol. The lowest BCUT2D eigenvalue weighted by Gasteiger charge is -2.06. The third-order valence-corrected chi connectivity index (χ3v) is 2.26. The molecule has 0 unspecified atom stereocenters. The van der Waals surface area contributed by atoms with Crippen LogP contribution in [0.5, 0.6) is 0 Å². The molecule has 2 aromatic rings. The fourth-order valence-electron chi connectivity index (χ4n) is 1.40. The topological polar surface area (TPSA) is 72.9 Å². The first kappa shape index (κ1) is 10.2. The molecule has 0 fully saturated rings. The van der Waals surface area contributed by atoms with Crippen LogP contribution in [-0.2, 0) is 0 Å². The number of nitrogens with two attached hydrogens (primary N) is 1. The van der Waals surface area contributed by atoms with Gasteiger partial charge in [0.2, 0.25) is 0 Å². The van der Waals surface area contributed by atoms with Crippen molar-refractivity contribution < 1.29 is 0 Å². The minimum atomic E-state index is -0.378. The van der Waals surface area contributed by atoms with Gasteiger partial charge in [-0.05, 0) is 30.3 Å². The predicted octanol–water partition coefficient (Wildman–Crippen LogP) is 0.856. The Morgan fingerprint density at radius 3 is 2.50 bits per heavy atom. The molecule has 82 valence electrons. The summed E-state index contributed by atoms with van der Waals surface area (Å²) in [5.41, 5.74) is 6.79. The van der Waals surface area contributed by atoms with Gasteiger partial charge in [0.15, 0.2) is 0 Å². The molecule has 0 aliphatic rings. The summed E-state index contributed by atoms with van der Waals surface area (Å²) in [5, 5.41) is 3.01. The largest absolute Gasteiger partial charge is 0.388 e. The number of nitrogens with one attached hydrogen (secondary N) is 1. The van der Waals surface area contributed by atoms with Gasteiger partial charge in [0.05, 0.1) is 5.69 Å². The lowest BCUT2D eigenvalue weighted by Crippen LogP contribution is -2.21. The first-order valence-electron chi connectivity index (χ1n) is 4.84. The number of nitrogens with zero attached hydrogens (tertiary/aromatic N) is 2. The molecule has 0 spiro atoms. The van der Waals surface area contributed by atoms with Crippen molar-refractivity contribution in [3.8, 4) is 5.69 Å². The Kier molecular flexibility index (Phi) is 2.59. The standard InChI is InChI=1S/C11H12N4O/c1-13-8-2-4-9(5-3-8)15-7-6-10(12)14-11(15)16/h2-7,13H,1H3,(H2,12,14,16). The summed E-state index contributed by atoms with van der Waals surface area (Å²) < 4.78 is 1.44. The lowest BCUT2D eigenvalue weighted by atomic mass is 10.3. The molecular weight excluding hydrogens is 204 g/mol. The van der Waals surface area contributed by atoms with Gasteiger partial charge in [-0.25, -0.2) is 4.79 Å². The SMILES string of the molecule is CNc1ccc(-n2ccc(N)nc2=O)cc1. The second-order valence-corrected chi connectivity index (χ2v) is 3.30. The molecular formula is C11H12N4O. The van der Waals surface area contributed by atoms with Crippen molar-refractivity contribution in [3.63, 3.8) is 0 Å². The molecule has 5 heteroatoms. The molecule has 0 saturated heterocycles. The van der Waals surface area contributed by atoms with Crippen LogP contribution >= 0.6 is 0 Å². The van der Waals surface area contributed by atoms with Gasteiger partial charge >= 0.3 is 5.69 Å². The molecule has 16 heavy (non-hydrogen) atoms. The normalized spacial score (nSPS) is 10.1. The summed E-state index contributed by atoms with van der Waals surface area (Å²) >= 11 is 0. The highest BCUT2D eigenvalue weighted by molar-refractivity contribution is 5.48. The number of aromatic nitrogens is 2. The quantitative estimate of drug-likeness (QED) is 0.780. The molecule has 1 aromatic carbocycles. The maximum atomic E-state index is 11.6. The van der Waals surface area contributed by atoms with E-state index in [-0.39, 0.29) is 11.5 Å². The summed E-state index contributed by atoms with van der Waals surface area (Å²) in [5.74, 6) is 0.230. The van der Waals surface area contributed by atoms with E-state index in [1.54, 1.807) is 12.3 Å². The average molecular weight is 216 g/mol. The molecule has 1 aromatic heterocycles. The Bertz CT molecular complexity index is 545. The highest BCUT2D eigenvalue weighted by Gasteiger charge is 2.00. The van der Waals surface area contributed by atoms with E-state index in [0.29, 0.717) is 0 Å². The van der Waals surface area contributed by atoms with Gasteiger partial charge in [-0.2, -0.15) is 4.98 Å². The Morgan fingerprint density at radius 1 is 1.25 bits per heavy atom. The number of anilines is 2. The van der Waals surface area contributed by atoms with Crippen LogP contribution in [0.3, 0.4) is 0 Å². The van der Waals surface area contributed by atoms with Crippen LogP contribution in [-0.4, -0.2) is 16.6 Å². The Hall–Kier alpha value is -2.30. The number of hydrogen-bond acceptors (Lipinski definition) is 4. The van der Waals surface area contributed by atoms with E-state index >= 15 is 0 Å². The third kappa shape index (κ3) is 1.88. The smallest absolute Gasteiger partial charge is 0.354 e. The zero-order chi connectivity index (χ0) is 11.5. The molecule has 5 nitrogen and oxygen atoms in total. The summed E-state index contributed by atoms with van der Waals surface area (Å²) in [6, 6.07) is 9.04. The maximum Gasteiger partial charge on any atom is 0.354 e. The summed E-state index contributed by atoms with van der Waals surface area (Å²) in [6.07, 6.45) is 1.61. The molecule has 0 atom stereocenters. The molecule has 0 aliphatic carbocycles. The Labute approximate surface area is 92.6 Å². The van der Waals surface area contributed by atoms with Crippen molar-refractivity contribution in [1.82, 2.24) is 9.55 Å². The van der Waals surface area contributed by atoms with Crippen LogP contribution in [0.2, 0.25) is 0 Å². The van der Waals surface area contributed by atoms with Crippen LogP contribution in [0.25, 0.3) is 5.69 Å². The van der Waals surface area contributed by atoms with Crippen molar-refractivity contribution in [1.29, 1.82) is 0 Å². The predicted molar refractivity (Wildman–Crippen MR) is 63.8 cm³/mol. The number of nitrogen functional groups attached to an aromatic ring is 1. The van der Waals surface area contributed by atoms with E-state index in [9.17, 15) is 4.79 Å². The fraction of sp³-hybridized carbons (Fsp3) is 0.0909. The summed E-state index contributed by atoms with van der Waals surface area (Å²) in [4.78, 5) is 15.2. The van der Waals surface area contributed by atoms with Crippen molar-refractivity contribution >= 4 is 11.5 Å². The summed E-state index contributed by atoms with van der Waals surface area (Å²) in [7, 11) is 1.84. The Morgan fingerprint density at radius 2 is 1.94 bits per heavy atom. The first-order valence-corrected chi connectivity index (χ1v) is 4.84. The fourth-order valence-corrected chi connectivity index (χ4v) is 1.40. The van der Waals surface area contributed by atoms with Crippen molar-refractivity contribution in [2.75, 3.05) is 18.1 Å². The second-order valence-electron chi connectivity index (χ2n) is 3.30. The zero-order valence-electron chi connectivity index (χ0n) is 8.84. The van der Waals surface area contributed by atoms with Crippen molar-refractivity contribution in [2.45, 2.75) is 0 Å². The van der Waals surface area contributed by atoms with Gasteiger partial charge in [-0.15, -0.1) is 0 Å². The van der Waals surface area contributed by atoms with Crippen LogP contribution in [0.15, 0.2) is 41.3 Å².